The van der Waals surface area contributed by atoms with E-state index < -0.39 is 46.1 Å². The Hall–Kier alpha value is -1.50. The molecule has 0 bridgehead atoms. The van der Waals surface area contributed by atoms with Crippen molar-refractivity contribution in [2.45, 2.75) is 18.2 Å². The molecule has 0 aliphatic heterocycles. The normalized spacial score (nSPS) is 10.4. The highest BCUT2D eigenvalue weighted by molar-refractivity contribution is 7.98. The highest BCUT2D eigenvalue weighted by Gasteiger charge is 2.23. The first-order valence-electron chi connectivity index (χ1n) is 5.32. The molecule has 7 heteroatoms. The minimum atomic E-state index is -1.35. The average molecular weight is 292 g/mol. The van der Waals surface area contributed by atoms with Crippen LogP contribution in [0.25, 0.3) is 0 Å². The van der Waals surface area contributed by atoms with Crippen molar-refractivity contribution < 1.29 is 27.5 Å². The predicted octanol–water partition coefficient (Wildman–Crippen LogP) is 2.96. The zero-order valence-corrected chi connectivity index (χ0v) is 11.1. The molecule has 1 aromatic rings. The number of esters is 1. The van der Waals surface area contributed by atoms with Crippen LogP contribution in [-0.2, 0) is 9.53 Å². The van der Waals surface area contributed by atoms with Crippen LogP contribution < -0.4 is 0 Å². The number of halogens is 3. The lowest BCUT2D eigenvalue weighted by molar-refractivity contribution is -0.141. The van der Waals surface area contributed by atoms with Crippen molar-refractivity contribution >= 4 is 23.5 Å². The molecule has 0 saturated carbocycles. The van der Waals surface area contributed by atoms with Crippen molar-refractivity contribution in [2.24, 2.45) is 0 Å². The summed E-state index contributed by atoms with van der Waals surface area (Å²) in [5.74, 6) is -5.65. The van der Waals surface area contributed by atoms with E-state index in [4.69, 9.17) is 0 Å². The number of benzene rings is 1. The Bertz CT molecular complexity index is 517. The summed E-state index contributed by atoms with van der Waals surface area (Å²) < 4.78 is 44.8. The summed E-state index contributed by atoms with van der Waals surface area (Å²) in [7, 11) is 0. The van der Waals surface area contributed by atoms with Gasteiger partial charge in [-0.15, -0.1) is 11.8 Å². The summed E-state index contributed by atoms with van der Waals surface area (Å²) in [4.78, 5) is 22.2. The molecule has 0 saturated heterocycles. The van der Waals surface area contributed by atoms with E-state index >= 15 is 0 Å². The maximum absolute atomic E-state index is 13.8. The number of ketones is 1. The standard InChI is InChI=1S/C12H11F3O3S/c1-3-18-9(17)5-8(16)6-4-7(13)11(15)12(19-2)10(6)14/h4H,3,5H2,1-2H3. The molecule has 0 amide bonds. The van der Waals surface area contributed by atoms with Gasteiger partial charge in [0, 0.05) is 0 Å². The Balaban J connectivity index is 3.10. The summed E-state index contributed by atoms with van der Waals surface area (Å²) in [6.07, 6.45) is 0.629. The fourth-order valence-electron chi connectivity index (χ4n) is 1.40. The number of Topliss-reactive ketones (excluding diaryl/α,β-unsaturated/α-hetero) is 1. The number of carbonyl (C=O) groups excluding carboxylic acids is 2. The maximum atomic E-state index is 13.8. The molecule has 0 fully saturated rings. The van der Waals surface area contributed by atoms with E-state index in [9.17, 15) is 22.8 Å². The molecule has 0 aromatic heterocycles. The largest absolute Gasteiger partial charge is 0.466 e. The average Bonchev–Trinajstić information content (AvgIpc) is 2.34. The molecule has 104 valence electrons. The van der Waals surface area contributed by atoms with Gasteiger partial charge in [0.15, 0.2) is 23.2 Å². The summed E-state index contributed by atoms with van der Waals surface area (Å²) in [5, 5.41) is 0. The van der Waals surface area contributed by atoms with Crippen LogP contribution in [0.1, 0.15) is 23.7 Å². The van der Waals surface area contributed by atoms with Gasteiger partial charge in [0.25, 0.3) is 0 Å². The first-order chi connectivity index (χ1) is 8.92. The van der Waals surface area contributed by atoms with Crippen molar-refractivity contribution in [1.29, 1.82) is 0 Å². The number of rotatable bonds is 5. The van der Waals surface area contributed by atoms with E-state index in [1.165, 1.54) is 6.26 Å². The third kappa shape index (κ3) is 3.50. The maximum Gasteiger partial charge on any atom is 0.313 e. The molecule has 0 aliphatic carbocycles. The van der Waals surface area contributed by atoms with Crippen LogP contribution >= 0.6 is 11.8 Å². The second kappa shape index (κ2) is 6.60. The summed E-state index contributed by atoms with van der Waals surface area (Å²) in [6.45, 7) is 1.62. The van der Waals surface area contributed by atoms with Crippen molar-refractivity contribution in [2.75, 3.05) is 12.9 Å². The minimum Gasteiger partial charge on any atom is -0.466 e. The molecular formula is C12H11F3O3S. The van der Waals surface area contributed by atoms with Crippen LogP contribution in [0, 0.1) is 17.5 Å². The van der Waals surface area contributed by atoms with Gasteiger partial charge in [-0.3, -0.25) is 9.59 Å². The summed E-state index contributed by atoms with van der Waals surface area (Å²) in [5.41, 5.74) is -0.656. The molecule has 0 radical (unpaired) electrons. The molecule has 1 rings (SSSR count). The molecule has 0 atom stereocenters. The minimum absolute atomic E-state index is 0.0719. The number of hydrogen-bond acceptors (Lipinski definition) is 4. The Morgan fingerprint density at radius 3 is 2.42 bits per heavy atom. The van der Waals surface area contributed by atoms with E-state index in [1.807, 2.05) is 0 Å². The van der Waals surface area contributed by atoms with Gasteiger partial charge in [0.05, 0.1) is 17.1 Å². The third-order valence-electron chi connectivity index (χ3n) is 2.23. The SMILES string of the molecule is CCOC(=O)CC(=O)c1cc(F)c(F)c(SC)c1F. The van der Waals surface area contributed by atoms with Crippen molar-refractivity contribution in [3.05, 3.63) is 29.1 Å². The molecule has 0 spiro atoms. The predicted molar refractivity (Wildman–Crippen MR) is 63.7 cm³/mol. The van der Waals surface area contributed by atoms with Crippen LogP contribution in [0.15, 0.2) is 11.0 Å². The van der Waals surface area contributed by atoms with Gasteiger partial charge in [-0.25, -0.2) is 13.2 Å². The quantitative estimate of drug-likeness (QED) is 0.275. The van der Waals surface area contributed by atoms with Gasteiger partial charge < -0.3 is 4.74 Å². The molecule has 0 heterocycles. The number of ether oxygens (including phenoxy) is 1. The Kier molecular flexibility index (Phi) is 5.41. The van der Waals surface area contributed by atoms with Crippen molar-refractivity contribution in [3.8, 4) is 0 Å². The van der Waals surface area contributed by atoms with Gasteiger partial charge in [-0.2, -0.15) is 0 Å². The molecular weight excluding hydrogens is 281 g/mol. The topological polar surface area (TPSA) is 43.4 Å². The molecule has 0 aliphatic rings. The number of thioether (sulfide) groups is 1. The molecule has 3 nitrogen and oxygen atoms in total. The lowest BCUT2D eigenvalue weighted by Gasteiger charge is -2.08. The van der Waals surface area contributed by atoms with Crippen LogP contribution in [0.5, 0.6) is 0 Å². The monoisotopic (exact) mass is 292 g/mol. The van der Waals surface area contributed by atoms with Crippen LogP contribution in [0.3, 0.4) is 0 Å². The van der Waals surface area contributed by atoms with Crippen molar-refractivity contribution in [3.63, 3.8) is 0 Å². The highest BCUT2D eigenvalue weighted by Crippen LogP contribution is 2.28. The zero-order valence-electron chi connectivity index (χ0n) is 10.3. The number of carbonyl (C=O) groups is 2. The van der Waals surface area contributed by atoms with E-state index in [2.05, 4.69) is 4.74 Å². The Morgan fingerprint density at radius 2 is 1.89 bits per heavy atom. The fraction of sp³-hybridized carbons (Fsp3) is 0.333. The smallest absolute Gasteiger partial charge is 0.313 e. The molecule has 1 aromatic carbocycles. The Labute approximate surface area is 112 Å². The van der Waals surface area contributed by atoms with Gasteiger partial charge in [0.1, 0.15) is 6.42 Å². The number of hydrogen-bond donors (Lipinski definition) is 0. The Morgan fingerprint density at radius 1 is 1.26 bits per heavy atom. The van der Waals surface area contributed by atoms with E-state index in [1.54, 1.807) is 6.92 Å². The molecule has 19 heavy (non-hydrogen) atoms. The van der Waals surface area contributed by atoms with Gasteiger partial charge in [-0.1, -0.05) is 0 Å². The highest BCUT2D eigenvalue weighted by atomic mass is 32.2. The van der Waals surface area contributed by atoms with Crippen LogP contribution in [0.2, 0.25) is 0 Å². The summed E-state index contributed by atoms with van der Waals surface area (Å²) >= 11 is 0.639. The first kappa shape index (κ1) is 15.6. The lowest BCUT2D eigenvalue weighted by Crippen LogP contribution is -2.14. The first-order valence-corrected chi connectivity index (χ1v) is 6.55. The van der Waals surface area contributed by atoms with E-state index in [0.717, 1.165) is 0 Å². The van der Waals surface area contributed by atoms with Crippen LogP contribution in [0.4, 0.5) is 13.2 Å². The zero-order chi connectivity index (χ0) is 14.6. The second-order valence-corrected chi connectivity index (χ2v) is 4.29. The van der Waals surface area contributed by atoms with E-state index in [0.29, 0.717) is 17.8 Å². The van der Waals surface area contributed by atoms with E-state index in [-0.39, 0.29) is 6.61 Å². The third-order valence-corrected chi connectivity index (χ3v) is 3.00. The van der Waals surface area contributed by atoms with Gasteiger partial charge in [0.2, 0.25) is 0 Å². The van der Waals surface area contributed by atoms with Gasteiger partial charge >= 0.3 is 5.97 Å². The lowest BCUT2D eigenvalue weighted by atomic mass is 10.1. The second-order valence-electron chi connectivity index (χ2n) is 3.47. The molecule has 0 N–H and O–H groups in total. The molecule has 0 unspecified atom stereocenters. The van der Waals surface area contributed by atoms with Gasteiger partial charge in [-0.05, 0) is 19.2 Å². The van der Waals surface area contributed by atoms with Crippen molar-refractivity contribution in [1.82, 2.24) is 0 Å². The van der Waals surface area contributed by atoms with Crippen LogP contribution in [-0.4, -0.2) is 24.6 Å². The summed E-state index contributed by atoms with van der Waals surface area (Å²) in [6, 6.07) is 0.450. The fourth-order valence-corrected chi connectivity index (χ4v) is 1.97.